The van der Waals surface area contributed by atoms with Gasteiger partial charge in [0.2, 0.25) is 5.91 Å². The van der Waals surface area contributed by atoms with E-state index in [1.54, 1.807) is 6.07 Å². The third-order valence-electron chi connectivity index (χ3n) is 3.75. The number of rotatable bonds is 4. The van der Waals surface area contributed by atoms with Crippen LogP contribution in [0, 0.1) is 28.4 Å². The molecule has 0 aromatic heterocycles. The van der Waals surface area contributed by atoms with Crippen molar-refractivity contribution >= 4 is 11.6 Å². The highest BCUT2D eigenvalue weighted by Gasteiger charge is 2.38. The van der Waals surface area contributed by atoms with E-state index in [9.17, 15) is 13.6 Å². The number of hydrogen-bond donors (Lipinski definition) is 2. The Kier molecular flexibility index (Phi) is 4.38. The summed E-state index contributed by atoms with van der Waals surface area (Å²) in [5.41, 5.74) is 4.07. The molecule has 3 N–H and O–H groups in total. The Morgan fingerprint density at radius 1 is 1.38 bits per heavy atom. The summed E-state index contributed by atoms with van der Waals surface area (Å²) >= 11 is 0. The summed E-state index contributed by atoms with van der Waals surface area (Å²) in [4.78, 5) is 11.7. The number of nitrogens with zero attached hydrogens (tertiary/aromatic N) is 1. The van der Waals surface area contributed by atoms with Crippen LogP contribution in [-0.4, -0.2) is 25.7 Å². The van der Waals surface area contributed by atoms with Crippen LogP contribution >= 0.6 is 0 Å². The number of ether oxygens (including phenoxy) is 1. The fourth-order valence-electron chi connectivity index (χ4n) is 2.34. The minimum absolute atomic E-state index is 0.0193. The number of anilines is 1. The molecule has 0 atom stereocenters. The Morgan fingerprint density at radius 2 is 1.95 bits per heavy atom. The van der Waals surface area contributed by atoms with Crippen molar-refractivity contribution < 1.29 is 18.3 Å². The van der Waals surface area contributed by atoms with E-state index in [2.05, 4.69) is 5.32 Å². The van der Waals surface area contributed by atoms with Crippen LogP contribution in [-0.2, 0) is 9.53 Å². The number of nitrogens with two attached hydrogens (primary N) is 1. The summed E-state index contributed by atoms with van der Waals surface area (Å²) < 4.78 is 32.8. The predicted octanol–water partition coefficient (Wildman–Crippen LogP) is 1.53. The Hall–Kier alpha value is -2.20. The second-order valence-electron chi connectivity index (χ2n) is 5.04. The standard InChI is InChI=1S/C14H15F2N3O2/c15-10-5-9(7-17)6-11(16)12(10)19-8-14(13(18)20)1-3-21-4-2-14/h5-6,19H,1-4,8H2,(H2,18,20). The van der Waals surface area contributed by atoms with Crippen LogP contribution in [0.25, 0.3) is 0 Å². The molecular formula is C14H15F2N3O2. The molecule has 5 nitrogen and oxygen atoms in total. The molecule has 1 aromatic carbocycles. The maximum absolute atomic E-state index is 13.8. The van der Waals surface area contributed by atoms with Crippen molar-refractivity contribution in [3.8, 4) is 6.07 Å². The molecule has 0 unspecified atom stereocenters. The van der Waals surface area contributed by atoms with E-state index < -0.39 is 23.0 Å². The summed E-state index contributed by atoms with van der Waals surface area (Å²) in [6.45, 7) is 0.775. The highest BCUT2D eigenvalue weighted by Crippen LogP contribution is 2.31. The van der Waals surface area contributed by atoms with Crippen LogP contribution in [0.3, 0.4) is 0 Å². The monoisotopic (exact) mass is 295 g/mol. The van der Waals surface area contributed by atoms with Crippen molar-refractivity contribution in [3.05, 3.63) is 29.3 Å². The van der Waals surface area contributed by atoms with E-state index in [1.165, 1.54) is 0 Å². The first-order valence-corrected chi connectivity index (χ1v) is 6.49. The van der Waals surface area contributed by atoms with E-state index in [1.807, 2.05) is 0 Å². The molecule has 2 rings (SSSR count). The van der Waals surface area contributed by atoms with E-state index in [4.69, 9.17) is 15.7 Å². The van der Waals surface area contributed by atoms with Crippen molar-refractivity contribution in [2.45, 2.75) is 12.8 Å². The maximum atomic E-state index is 13.8. The number of primary amides is 1. The molecule has 21 heavy (non-hydrogen) atoms. The Bertz CT molecular complexity index is 569. The van der Waals surface area contributed by atoms with Crippen molar-refractivity contribution in [2.75, 3.05) is 25.1 Å². The zero-order valence-electron chi connectivity index (χ0n) is 11.3. The molecule has 112 valence electrons. The van der Waals surface area contributed by atoms with E-state index in [0.717, 1.165) is 12.1 Å². The molecule has 1 fully saturated rings. The third kappa shape index (κ3) is 3.11. The summed E-state index contributed by atoms with van der Waals surface area (Å²) in [5, 5.41) is 11.3. The number of benzene rings is 1. The Morgan fingerprint density at radius 3 is 2.43 bits per heavy atom. The average Bonchev–Trinajstić information content (AvgIpc) is 2.47. The fraction of sp³-hybridized carbons (Fsp3) is 0.429. The second kappa shape index (κ2) is 6.06. The molecule has 0 spiro atoms. The molecule has 0 aliphatic carbocycles. The van der Waals surface area contributed by atoms with Gasteiger partial charge >= 0.3 is 0 Å². The van der Waals surface area contributed by atoms with Crippen molar-refractivity contribution in [3.63, 3.8) is 0 Å². The van der Waals surface area contributed by atoms with Crippen LogP contribution in [0.1, 0.15) is 18.4 Å². The largest absolute Gasteiger partial charge is 0.381 e. The number of amides is 1. The lowest BCUT2D eigenvalue weighted by Gasteiger charge is -2.34. The first kappa shape index (κ1) is 15.2. The quantitative estimate of drug-likeness (QED) is 0.881. The van der Waals surface area contributed by atoms with Crippen molar-refractivity contribution in [1.29, 1.82) is 5.26 Å². The number of halogens is 2. The minimum Gasteiger partial charge on any atom is -0.381 e. The van der Waals surface area contributed by atoms with Crippen molar-refractivity contribution in [2.24, 2.45) is 11.1 Å². The summed E-state index contributed by atoms with van der Waals surface area (Å²) in [5.74, 6) is -2.27. The zero-order chi connectivity index (χ0) is 15.5. The molecule has 1 saturated heterocycles. The molecule has 1 aliphatic heterocycles. The molecule has 7 heteroatoms. The normalized spacial score (nSPS) is 17.0. The van der Waals surface area contributed by atoms with Crippen LogP contribution in [0.4, 0.5) is 14.5 Å². The van der Waals surface area contributed by atoms with Gasteiger partial charge in [-0.05, 0) is 25.0 Å². The van der Waals surface area contributed by atoms with Crippen molar-refractivity contribution in [1.82, 2.24) is 0 Å². The van der Waals surface area contributed by atoms with E-state index >= 15 is 0 Å². The highest BCUT2D eigenvalue weighted by atomic mass is 19.1. The Balaban J connectivity index is 2.19. The number of hydrogen-bond acceptors (Lipinski definition) is 4. The maximum Gasteiger partial charge on any atom is 0.225 e. The van der Waals surface area contributed by atoms with Gasteiger partial charge in [0.1, 0.15) is 5.69 Å². The summed E-state index contributed by atoms with van der Waals surface area (Å²) in [6.07, 6.45) is 0.795. The molecule has 0 radical (unpaired) electrons. The number of carbonyl (C=O) groups is 1. The lowest BCUT2D eigenvalue weighted by Crippen LogP contribution is -2.46. The van der Waals surface area contributed by atoms with Crippen LogP contribution in [0.15, 0.2) is 12.1 Å². The van der Waals surface area contributed by atoms with Crippen LogP contribution in [0.5, 0.6) is 0 Å². The van der Waals surface area contributed by atoms with Gasteiger partial charge in [-0.25, -0.2) is 8.78 Å². The van der Waals surface area contributed by atoms with Gasteiger partial charge in [-0.3, -0.25) is 4.79 Å². The molecular weight excluding hydrogens is 280 g/mol. The molecule has 0 bridgehead atoms. The number of nitrogens with one attached hydrogen (secondary N) is 1. The van der Waals surface area contributed by atoms with Gasteiger partial charge in [-0.1, -0.05) is 0 Å². The summed E-state index contributed by atoms with van der Waals surface area (Å²) in [7, 11) is 0. The zero-order valence-corrected chi connectivity index (χ0v) is 11.3. The molecule has 1 amide bonds. The summed E-state index contributed by atoms with van der Waals surface area (Å²) in [6, 6.07) is 3.54. The first-order chi connectivity index (χ1) is 9.98. The lowest BCUT2D eigenvalue weighted by atomic mass is 9.79. The molecule has 0 saturated carbocycles. The van der Waals surface area contributed by atoms with Gasteiger partial charge in [0.05, 0.1) is 17.0 Å². The van der Waals surface area contributed by atoms with Crippen LogP contribution in [0.2, 0.25) is 0 Å². The van der Waals surface area contributed by atoms with Gasteiger partial charge in [0, 0.05) is 19.8 Å². The van der Waals surface area contributed by atoms with Gasteiger partial charge in [-0.15, -0.1) is 0 Å². The number of nitriles is 1. The third-order valence-corrected chi connectivity index (χ3v) is 3.75. The highest BCUT2D eigenvalue weighted by molar-refractivity contribution is 5.81. The first-order valence-electron chi connectivity index (χ1n) is 6.49. The molecule has 1 aliphatic rings. The molecule has 1 heterocycles. The Labute approximate surface area is 120 Å². The fourth-order valence-corrected chi connectivity index (χ4v) is 2.34. The lowest BCUT2D eigenvalue weighted by molar-refractivity contribution is -0.132. The SMILES string of the molecule is N#Cc1cc(F)c(NCC2(C(N)=O)CCOCC2)c(F)c1. The minimum atomic E-state index is -0.884. The van der Waals surface area contributed by atoms with Gasteiger partial charge in [0.25, 0.3) is 0 Å². The predicted molar refractivity (Wildman–Crippen MR) is 71.2 cm³/mol. The average molecular weight is 295 g/mol. The van der Waals surface area contributed by atoms with Gasteiger partial charge in [0.15, 0.2) is 11.6 Å². The van der Waals surface area contributed by atoms with Gasteiger partial charge in [-0.2, -0.15) is 5.26 Å². The smallest absolute Gasteiger partial charge is 0.225 e. The van der Waals surface area contributed by atoms with Gasteiger partial charge < -0.3 is 15.8 Å². The van der Waals surface area contributed by atoms with E-state index in [0.29, 0.717) is 26.1 Å². The number of carbonyl (C=O) groups excluding carboxylic acids is 1. The topological polar surface area (TPSA) is 88.1 Å². The molecule has 1 aromatic rings. The van der Waals surface area contributed by atoms with Crippen LogP contribution < -0.4 is 11.1 Å². The van der Waals surface area contributed by atoms with E-state index in [-0.39, 0.29) is 17.8 Å². The second-order valence-corrected chi connectivity index (χ2v) is 5.04.